The van der Waals surface area contributed by atoms with E-state index in [1.807, 2.05) is 0 Å². The summed E-state index contributed by atoms with van der Waals surface area (Å²) in [4.78, 5) is 2.79. The van der Waals surface area contributed by atoms with Gasteiger partial charge in [0.25, 0.3) is 0 Å². The zero-order chi connectivity index (χ0) is 10.3. The summed E-state index contributed by atoms with van der Waals surface area (Å²) in [6.07, 6.45) is 8.50. The molecule has 4 aliphatic rings. The molecule has 0 radical (unpaired) electrons. The van der Waals surface area contributed by atoms with E-state index in [1.54, 1.807) is 0 Å². The minimum atomic E-state index is 0.634. The third kappa shape index (κ3) is 1.53. The fraction of sp³-hybridized carbons (Fsp3) is 1.00. The summed E-state index contributed by atoms with van der Waals surface area (Å²) < 4.78 is 0. The topological polar surface area (TPSA) is 15.3 Å². The lowest BCUT2D eigenvalue weighted by molar-refractivity contribution is -0.00264. The Morgan fingerprint density at radius 3 is 2.60 bits per heavy atom. The summed E-state index contributed by atoms with van der Waals surface area (Å²) in [7, 11) is 0. The van der Waals surface area contributed by atoms with Crippen LogP contribution in [-0.2, 0) is 0 Å². The first-order chi connectivity index (χ1) is 7.37. The maximum atomic E-state index is 3.87. The van der Waals surface area contributed by atoms with Gasteiger partial charge in [0.15, 0.2) is 0 Å². The van der Waals surface area contributed by atoms with Gasteiger partial charge in [-0.25, -0.2) is 0 Å². The Balaban J connectivity index is 1.65. The molecule has 4 fully saturated rings. The van der Waals surface area contributed by atoms with E-state index in [0.29, 0.717) is 5.54 Å². The van der Waals surface area contributed by atoms with Gasteiger partial charge in [-0.2, -0.15) is 0 Å². The summed E-state index contributed by atoms with van der Waals surface area (Å²) in [5.74, 6) is 0.995. The van der Waals surface area contributed by atoms with Crippen molar-refractivity contribution in [3.8, 4) is 0 Å². The van der Waals surface area contributed by atoms with E-state index in [0.717, 1.165) is 12.0 Å². The van der Waals surface area contributed by atoms with Crippen molar-refractivity contribution in [3.63, 3.8) is 0 Å². The smallest absolute Gasteiger partial charge is 0.0366 e. The third-order valence-corrected chi connectivity index (χ3v) is 4.88. The highest BCUT2D eigenvalue weighted by molar-refractivity contribution is 5.18. The van der Waals surface area contributed by atoms with Crippen LogP contribution in [0.5, 0.6) is 0 Å². The SMILES string of the molecule is CCCCNC1C2CCN(CC2)C12CC2. The minimum Gasteiger partial charge on any atom is -0.312 e. The first kappa shape index (κ1) is 10.1. The summed E-state index contributed by atoms with van der Waals surface area (Å²) in [6, 6.07) is 0.839. The summed E-state index contributed by atoms with van der Waals surface area (Å²) in [6.45, 7) is 6.30. The van der Waals surface area contributed by atoms with E-state index in [4.69, 9.17) is 0 Å². The van der Waals surface area contributed by atoms with Gasteiger partial charge in [-0.15, -0.1) is 0 Å². The van der Waals surface area contributed by atoms with Crippen LogP contribution in [0.1, 0.15) is 45.4 Å². The molecule has 1 N–H and O–H groups in total. The molecule has 3 aliphatic heterocycles. The average molecular weight is 208 g/mol. The van der Waals surface area contributed by atoms with Crippen LogP contribution in [0.2, 0.25) is 0 Å². The quantitative estimate of drug-likeness (QED) is 0.711. The summed E-state index contributed by atoms with van der Waals surface area (Å²) in [5, 5.41) is 3.87. The number of piperidine rings is 3. The highest BCUT2D eigenvalue weighted by Gasteiger charge is 2.59. The standard InChI is InChI=1S/C13H24N2/c1-2-3-8-14-12-11-4-9-15(10-5-11)13(12)6-7-13/h11-12,14H,2-10H2,1H3. The van der Waals surface area contributed by atoms with Crippen molar-refractivity contribution in [2.24, 2.45) is 5.92 Å². The van der Waals surface area contributed by atoms with E-state index >= 15 is 0 Å². The van der Waals surface area contributed by atoms with Gasteiger partial charge < -0.3 is 5.32 Å². The van der Waals surface area contributed by atoms with Gasteiger partial charge in [0.05, 0.1) is 0 Å². The Bertz CT molecular complexity index is 227. The lowest BCUT2D eigenvalue weighted by Crippen LogP contribution is -2.64. The Hall–Kier alpha value is -0.0800. The van der Waals surface area contributed by atoms with Gasteiger partial charge in [0.2, 0.25) is 0 Å². The first-order valence-corrected chi connectivity index (χ1v) is 6.85. The lowest BCUT2D eigenvalue weighted by Gasteiger charge is -2.52. The molecule has 2 nitrogen and oxygen atoms in total. The Kier molecular flexibility index (Phi) is 2.52. The van der Waals surface area contributed by atoms with Gasteiger partial charge in [0, 0.05) is 11.6 Å². The molecule has 86 valence electrons. The maximum Gasteiger partial charge on any atom is 0.0366 e. The molecule has 1 spiro atoms. The number of rotatable bonds is 4. The molecule has 1 unspecified atom stereocenters. The van der Waals surface area contributed by atoms with Crippen LogP contribution in [0.3, 0.4) is 0 Å². The zero-order valence-electron chi connectivity index (χ0n) is 9.97. The average Bonchev–Trinajstić information content (AvgIpc) is 3.05. The van der Waals surface area contributed by atoms with Crippen molar-refractivity contribution >= 4 is 0 Å². The second kappa shape index (κ2) is 3.74. The zero-order valence-corrected chi connectivity index (χ0v) is 9.97. The second-order valence-corrected chi connectivity index (χ2v) is 5.71. The molecular formula is C13H24N2. The van der Waals surface area contributed by atoms with Crippen molar-refractivity contribution in [1.82, 2.24) is 10.2 Å². The van der Waals surface area contributed by atoms with Crippen LogP contribution in [-0.4, -0.2) is 36.1 Å². The Morgan fingerprint density at radius 1 is 1.27 bits per heavy atom. The number of nitrogens with one attached hydrogen (secondary N) is 1. The summed E-state index contributed by atoms with van der Waals surface area (Å²) in [5.41, 5.74) is 0.634. The molecule has 3 saturated heterocycles. The molecule has 0 aromatic rings. The number of unbranched alkanes of at least 4 members (excludes halogenated alkanes) is 1. The van der Waals surface area contributed by atoms with E-state index in [9.17, 15) is 0 Å². The minimum absolute atomic E-state index is 0.634. The molecule has 4 rings (SSSR count). The van der Waals surface area contributed by atoms with Crippen molar-refractivity contribution in [2.75, 3.05) is 19.6 Å². The van der Waals surface area contributed by atoms with Crippen LogP contribution >= 0.6 is 0 Å². The highest BCUT2D eigenvalue weighted by atomic mass is 15.3. The lowest BCUT2D eigenvalue weighted by atomic mass is 9.77. The number of hydrogen-bond acceptors (Lipinski definition) is 2. The molecule has 0 amide bonds. The molecule has 0 aromatic carbocycles. The first-order valence-electron chi connectivity index (χ1n) is 6.85. The van der Waals surface area contributed by atoms with Crippen molar-refractivity contribution in [3.05, 3.63) is 0 Å². The molecule has 1 atom stereocenters. The molecule has 2 heteroatoms. The number of nitrogens with zero attached hydrogens (tertiary/aromatic N) is 1. The van der Waals surface area contributed by atoms with Crippen LogP contribution in [0.4, 0.5) is 0 Å². The van der Waals surface area contributed by atoms with E-state index < -0.39 is 0 Å². The molecule has 2 bridgehead atoms. The van der Waals surface area contributed by atoms with Gasteiger partial charge in [-0.1, -0.05) is 13.3 Å². The van der Waals surface area contributed by atoms with Crippen LogP contribution in [0.15, 0.2) is 0 Å². The van der Waals surface area contributed by atoms with Gasteiger partial charge in [0.1, 0.15) is 0 Å². The predicted octanol–water partition coefficient (Wildman–Crippen LogP) is 2.00. The Labute approximate surface area is 93.4 Å². The molecule has 1 aliphatic carbocycles. The fourth-order valence-electron chi connectivity index (χ4n) is 3.86. The molecule has 3 heterocycles. The maximum absolute atomic E-state index is 3.87. The summed E-state index contributed by atoms with van der Waals surface area (Å²) >= 11 is 0. The molecular weight excluding hydrogens is 184 g/mol. The highest BCUT2D eigenvalue weighted by Crippen LogP contribution is 2.53. The fourth-order valence-corrected chi connectivity index (χ4v) is 3.86. The van der Waals surface area contributed by atoms with Gasteiger partial charge in [-0.05, 0) is 57.7 Å². The van der Waals surface area contributed by atoms with Crippen LogP contribution in [0, 0.1) is 5.92 Å². The van der Waals surface area contributed by atoms with Crippen molar-refractivity contribution < 1.29 is 0 Å². The van der Waals surface area contributed by atoms with E-state index in [-0.39, 0.29) is 0 Å². The van der Waals surface area contributed by atoms with Gasteiger partial charge in [-0.3, -0.25) is 4.90 Å². The van der Waals surface area contributed by atoms with E-state index in [2.05, 4.69) is 17.1 Å². The van der Waals surface area contributed by atoms with Crippen LogP contribution < -0.4 is 5.32 Å². The second-order valence-electron chi connectivity index (χ2n) is 5.71. The van der Waals surface area contributed by atoms with Crippen molar-refractivity contribution in [2.45, 2.75) is 57.0 Å². The normalized spacial score (nSPS) is 41.0. The molecule has 15 heavy (non-hydrogen) atoms. The monoisotopic (exact) mass is 208 g/mol. The number of fused-ring (bicyclic) bond motifs is 2. The predicted molar refractivity (Wildman–Crippen MR) is 63.0 cm³/mol. The molecule has 1 saturated carbocycles. The van der Waals surface area contributed by atoms with E-state index in [1.165, 1.54) is 58.2 Å². The van der Waals surface area contributed by atoms with Gasteiger partial charge >= 0.3 is 0 Å². The molecule has 0 aromatic heterocycles. The largest absolute Gasteiger partial charge is 0.312 e. The van der Waals surface area contributed by atoms with Crippen molar-refractivity contribution in [1.29, 1.82) is 0 Å². The third-order valence-electron chi connectivity index (χ3n) is 4.88. The van der Waals surface area contributed by atoms with Crippen LogP contribution in [0.25, 0.3) is 0 Å². The Morgan fingerprint density at radius 2 is 2.00 bits per heavy atom. The number of hydrogen-bond donors (Lipinski definition) is 1.